The molecule has 0 radical (unpaired) electrons. The minimum absolute atomic E-state index is 0.00620. The van der Waals surface area contributed by atoms with E-state index in [4.69, 9.17) is 0 Å². The van der Waals surface area contributed by atoms with Gasteiger partial charge in [-0.1, -0.05) is 29.8 Å². The summed E-state index contributed by atoms with van der Waals surface area (Å²) >= 11 is 0. The number of nitrogens with zero attached hydrogens (tertiary/aromatic N) is 1. The molecule has 0 aliphatic carbocycles. The van der Waals surface area contributed by atoms with Gasteiger partial charge >= 0.3 is 0 Å². The van der Waals surface area contributed by atoms with E-state index in [0.29, 0.717) is 5.69 Å². The Morgan fingerprint density at radius 1 is 1.10 bits per heavy atom. The first-order chi connectivity index (χ1) is 9.90. The fraction of sp³-hybridized carbons (Fsp3) is 0.294. The molecule has 4 nitrogen and oxygen atoms in total. The maximum Gasteiger partial charge on any atom is 0.292 e. The smallest absolute Gasteiger partial charge is 0.292 e. The highest BCUT2D eigenvalue weighted by Gasteiger charge is 2.17. The summed E-state index contributed by atoms with van der Waals surface area (Å²) in [7, 11) is 0. The van der Waals surface area contributed by atoms with Crippen LogP contribution >= 0.6 is 0 Å². The molecule has 0 spiro atoms. The van der Waals surface area contributed by atoms with Crippen molar-refractivity contribution >= 4 is 11.4 Å². The van der Waals surface area contributed by atoms with Crippen LogP contribution in [0.1, 0.15) is 35.2 Å². The molecule has 0 aliphatic rings. The number of nitro groups is 1. The van der Waals surface area contributed by atoms with E-state index in [9.17, 15) is 10.1 Å². The average Bonchev–Trinajstić information content (AvgIpc) is 2.37. The van der Waals surface area contributed by atoms with Crippen molar-refractivity contribution in [2.75, 3.05) is 5.32 Å². The lowest BCUT2D eigenvalue weighted by atomic mass is 9.94. The van der Waals surface area contributed by atoms with Gasteiger partial charge in [0.05, 0.1) is 4.92 Å². The number of para-hydroxylation sites is 2. The third kappa shape index (κ3) is 3.21. The van der Waals surface area contributed by atoms with Crippen molar-refractivity contribution < 1.29 is 4.92 Å². The second-order valence-corrected chi connectivity index (χ2v) is 5.45. The normalized spacial score (nSPS) is 12.0. The van der Waals surface area contributed by atoms with Gasteiger partial charge in [0, 0.05) is 12.1 Å². The fourth-order valence-corrected chi connectivity index (χ4v) is 2.93. The highest BCUT2D eigenvalue weighted by molar-refractivity contribution is 5.62. The lowest BCUT2D eigenvalue weighted by molar-refractivity contribution is -0.384. The number of rotatable bonds is 4. The van der Waals surface area contributed by atoms with Crippen molar-refractivity contribution in [1.82, 2.24) is 0 Å². The van der Waals surface area contributed by atoms with Crippen LogP contribution in [0.4, 0.5) is 11.4 Å². The van der Waals surface area contributed by atoms with Crippen molar-refractivity contribution in [3.63, 3.8) is 0 Å². The number of hydrogen-bond donors (Lipinski definition) is 1. The summed E-state index contributed by atoms with van der Waals surface area (Å²) in [6.07, 6.45) is 0. The Kier molecular flexibility index (Phi) is 4.26. The molecule has 0 aromatic heterocycles. The Hall–Kier alpha value is -2.36. The van der Waals surface area contributed by atoms with Crippen molar-refractivity contribution in [3.05, 3.63) is 68.8 Å². The summed E-state index contributed by atoms with van der Waals surface area (Å²) in [5.74, 6) is 0. The van der Waals surface area contributed by atoms with E-state index in [-0.39, 0.29) is 16.7 Å². The number of nitrogens with one attached hydrogen (secondary N) is 1. The zero-order chi connectivity index (χ0) is 15.6. The molecule has 110 valence electrons. The minimum Gasteiger partial charge on any atom is -0.373 e. The van der Waals surface area contributed by atoms with Crippen LogP contribution < -0.4 is 5.32 Å². The molecule has 0 saturated carbocycles. The van der Waals surface area contributed by atoms with E-state index >= 15 is 0 Å². The molecule has 0 heterocycles. The third-order valence-corrected chi connectivity index (χ3v) is 3.64. The monoisotopic (exact) mass is 284 g/mol. The molecule has 4 heteroatoms. The molecular weight excluding hydrogens is 264 g/mol. The van der Waals surface area contributed by atoms with Crippen LogP contribution in [0.5, 0.6) is 0 Å². The first-order valence-corrected chi connectivity index (χ1v) is 6.98. The summed E-state index contributed by atoms with van der Waals surface area (Å²) in [5.41, 5.74) is 5.48. The quantitative estimate of drug-likeness (QED) is 0.654. The van der Waals surface area contributed by atoms with Crippen molar-refractivity contribution in [2.45, 2.75) is 33.7 Å². The maximum atomic E-state index is 11.1. The van der Waals surface area contributed by atoms with Gasteiger partial charge in [-0.25, -0.2) is 0 Å². The molecule has 1 unspecified atom stereocenters. The molecule has 0 saturated heterocycles. The molecule has 21 heavy (non-hydrogen) atoms. The van der Waals surface area contributed by atoms with E-state index < -0.39 is 0 Å². The van der Waals surface area contributed by atoms with Gasteiger partial charge in [0.1, 0.15) is 5.69 Å². The van der Waals surface area contributed by atoms with E-state index in [0.717, 1.165) is 0 Å². The maximum absolute atomic E-state index is 11.1. The van der Waals surface area contributed by atoms with E-state index in [1.165, 1.54) is 28.3 Å². The van der Waals surface area contributed by atoms with Crippen LogP contribution in [0, 0.1) is 30.9 Å². The topological polar surface area (TPSA) is 55.2 Å². The van der Waals surface area contributed by atoms with Crippen LogP contribution in [-0.4, -0.2) is 4.92 Å². The van der Waals surface area contributed by atoms with Gasteiger partial charge in [-0.15, -0.1) is 0 Å². The molecule has 1 atom stereocenters. The van der Waals surface area contributed by atoms with Gasteiger partial charge < -0.3 is 5.32 Å². The van der Waals surface area contributed by atoms with Crippen LogP contribution in [-0.2, 0) is 0 Å². The Labute approximate surface area is 125 Å². The number of hydrogen-bond acceptors (Lipinski definition) is 3. The first-order valence-electron chi connectivity index (χ1n) is 6.98. The minimum atomic E-state index is -0.357. The molecule has 0 amide bonds. The number of benzene rings is 2. The molecule has 2 rings (SSSR count). The number of nitro benzene ring substituents is 1. The van der Waals surface area contributed by atoms with Crippen molar-refractivity contribution in [1.29, 1.82) is 0 Å². The van der Waals surface area contributed by atoms with Crippen LogP contribution in [0.15, 0.2) is 36.4 Å². The van der Waals surface area contributed by atoms with Gasteiger partial charge in [-0.2, -0.15) is 0 Å². The lowest BCUT2D eigenvalue weighted by Crippen LogP contribution is -2.11. The molecule has 0 aliphatic heterocycles. The summed E-state index contributed by atoms with van der Waals surface area (Å²) in [6, 6.07) is 11.0. The Morgan fingerprint density at radius 3 is 2.24 bits per heavy atom. The average molecular weight is 284 g/mol. The summed E-state index contributed by atoms with van der Waals surface area (Å²) in [5, 5.41) is 14.4. The second kappa shape index (κ2) is 5.95. The predicted molar refractivity (Wildman–Crippen MR) is 85.8 cm³/mol. The summed E-state index contributed by atoms with van der Waals surface area (Å²) in [4.78, 5) is 10.7. The Morgan fingerprint density at radius 2 is 1.67 bits per heavy atom. The highest BCUT2D eigenvalue weighted by atomic mass is 16.6. The fourth-order valence-electron chi connectivity index (χ4n) is 2.93. The van der Waals surface area contributed by atoms with E-state index in [2.05, 4.69) is 38.2 Å². The molecular formula is C17H20N2O2. The van der Waals surface area contributed by atoms with Crippen LogP contribution in [0.3, 0.4) is 0 Å². The molecule has 2 aromatic carbocycles. The van der Waals surface area contributed by atoms with Gasteiger partial charge in [-0.3, -0.25) is 10.1 Å². The van der Waals surface area contributed by atoms with E-state index in [1.54, 1.807) is 18.2 Å². The molecule has 1 N–H and O–H groups in total. The van der Waals surface area contributed by atoms with Gasteiger partial charge in [0.15, 0.2) is 0 Å². The first kappa shape index (κ1) is 15.0. The number of aryl methyl sites for hydroxylation is 3. The standard InChI is InChI=1S/C17H20N2O2/c1-11-9-12(2)17(13(3)10-11)14(4)18-15-7-5-6-8-16(15)19(20)21/h5-10,14,18H,1-4H3. The van der Waals surface area contributed by atoms with Crippen molar-refractivity contribution in [3.8, 4) is 0 Å². The van der Waals surface area contributed by atoms with Crippen LogP contribution in [0.2, 0.25) is 0 Å². The third-order valence-electron chi connectivity index (χ3n) is 3.64. The summed E-state index contributed by atoms with van der Waals surface area (Å²) in [6.45, 7) is 8.26. The van der Waals surface area contributed by atoms with Crippen molar-refractivity contribution in [2.24, 2.45) is 0 Å². The van der Waals surface area contributed by atoms with Gasteiger partial charge in [-0.05, 0) is 50.5 Å². The second-order valence-electron chi connectivity index (χ2n) is 5.45. The predicted octanol–water partition coefficient (Wildman–Crippen LogP) is 4.69. The molecule has 2 aromatic rings. The zero-order valence-corrected chi connectivity index (χ0v) is 12.8. The molecule has 0 fully saturated rings. The van der Waals surface area contributed by atoms with Gasteiger partial charge in [0.25, 0.3) is 5.69 Å². The lowest BCUT2D eigenvalue weighted by Gasteiger charge is -2.20. The SMILES string of the molecule is Cc1cc(C)c(C(C)Nc2ccccc2[N+](=O)[O-])c(C)c1. The molecule has 0 bridgehead atoms. The van der Waals surface area contributed by atoms with E-state index in [1.807, 2.05) is 6.92 Å². The Balaban J connectivity index is 2.35. The highest BCUT2D eigenvalue weighted by Crippen LogP contribution is 2.30. The Bertz CT molecular complexity index is 657. The number of anilines is 1. The largest absolute Gasteiger partial charge is 0.373 e. The van der Waals surface area contributed by atoms with Gasteiger partial charge in [0.2, 0.25) is 0 Å². The zero-order valence-electron chi connectivity index (χ0n) is 12.8. The summed E-state index contributed by atoms with van der Waals surface area (Å²) < 4.78 is 0. The van der Waals surface area contributed by atoms with Crippen LogP contribution in [0.25, 0.3) is 0 Å².